The summed E-state index contributed by atoms with van der Waals surface area (Å²) in [7, 11) is 0. The predicted molar refractivity (Wildman–Crippen MR) is 59.1 cm³/mol. The van der Waals surface area contributed by atoms with Crippen LogP contribution < -0.4 is 0 Å². The van der Waals surface area contributed by atoms with Gasteiger partial charge in [0.25, 0.3) is 0 Å². The molecule has 0 N–H and O–H groups in total. The van der Waals surface area contributed by atoms with Crippen molar-refractivity contribution >= 4 is 23.5 Å². The van der Waals surface area contributed by atoms with Gasteiger partial charge in [-0.3, -0.25) is 4.79 Å². The van der Waals surface area contributed by atoms with E-state index in [0.29, 0.717) is 6.61 Å². The van der Waals surface area contributed by atoms with Gasteiger partial charge in [-0.25, -0.2) is 0 Å². The van der Waals surface area contributed by atoms with Crippen LogP contribution in [0.5, 0.6) is 0 Å². The zero-order valence-electron chi connectivity index (χ0n) is 8.51. The Morgan fingerprint density at radius 1 is 1.67 bits per heavy atom. The summed E-state index contributed by atoms with van der Waals surface area (Å²) in [6.07, 6.45) is 1.84. The van der Waals surface area contributed by atoms with Crippen LogP contribution in [0.1, 0.15) is 18.9 Å². The highest BCUT2D eigenvalue weighted by Gasteiger charge is 2.00. The standard InChI is InChI=1S/C10H13NO3S/c1-2-13-10(12)3-5-14-11-7-9-4-6-15-8-9/h4,6-8H,2-3,5H2,1H3/b11-7+. The second-order valence-corrected chi connectivity index (χ2v) is 3.46. The number of ether oxygens (including phenoxy) is 1. The van der Waals surface area contributed by atoms with Gasteiger partial charge in [-0.2, -0.15) is 11.3 Å². The normalized spacial score (nSPS) is 10.5. The van der Waals surface area contributed by atoms with Crippen LogP contribution in [0.15, 0.2) is 22.0 Å². The number of hydrogen-bond acceptors (Lipinski definition) is 5. The van der Waals surface area contributed by atoms with Gasteiger partial charge >= 0.3 is 5.97 Å². The Balaban J connectivity index is 2.09. The fourth-order valence-corrected chi connectivity index (χ4v) is 1.47. The van der Waals surface area contributed by atoms with Crippen LogP contribution in [-0.4, -0.2) is 25.4 Å². The lowest BCUT2D eigenvalue weighted by Crippen LogP contribution is -2.06. The van der Waals surface area contributed by atoms with Gasteiger partial charge in [0.05, 0.1) is 19.2 Å². The average Bonchev–Trinajstić information content (AvgIpc) is 2.70. The SMILES string of the molecule is CCOC(=O)CCO/N=C/c1ccsc1. The van der Waals surface area contributed by atoms with E-state index in [2.05, 4.69) is 5.16 Å². The van der Waals surface area contributed by atoms with Crippen molar-refractivity contribution in [1.29, 1.82) is 0 Å². The van der Waals surface area contributed by atoms with Crippen LogP contribution in [0.2, 0.25) is 0 Å². The Kier molecular flexibility index (Phi) is 5.47. The zero-order chi connectivity index (χ0) is 10.9. The molecule has 0 amide bonds. The quantitative estimate of drug-likeness (QED) is 0.323. The first-order valence-corrected chi connectivity index (χ1v) is 5.60. The monoisotopic (exact) mass is 227 g/mol. The molecule has 0 aliphatic carbocycles. The molecule has 15 heavy (non-hydrogen) atoms. The van der Waals surface area contributed by atoms with Gasteiger partial charge in [0.2, 0.25) is 0 Å². The molecule has 1 heterocycles. The number of carbonyl (C=O) groups is 1. The van der Waals surface area contributed by atoms with E-state index in [0.717, 1.165) is 5.56 Å². The third-order valence-corrected chi connectivity index (χ3v) is 2.22. The Morgan fingerprint density at radius 2 is 2.53 bits per heavy atom. The molecule has 0 atom stereocenters. The summed E-state index contributed by atoms with van der Waals surface area (Å²) in [5.41, 5.74) is 0.996. The van der Waals surface area contributed by atoms with Crippen molar-refractivity contribution in [3.8, 4) is 0 Å². The number of rotatable bonds is 6. The van der Waals surface area contributed by atoms with E-state index in [9.17, 15) is 4.79 Å². The summed E-state index contributed by atoms with van der Waals surface area (Å²) in [4.78, 5) is 15.8. The lowest BCUT2D eigenvalue weighted by molar-refractivity contribution is -0.144. The van der Waals surface area contributed by atoms with Gasteiger partial charge < -0.3 is 9.57 Å². The molecule has 0 fully saturated rings. The molecule has 0 bridgehead atoms. The molecule has 1 aromatic heterocycles. The van der Waals surface area contributed by atoms with Crippen LogP contribution in [0.25, 0.3) is 0 Å². The fraction of sp³-hybridized carbons (Fsp3) is 0.400. The number of nitrogens with zero attached hydrogens (tertiary/aromatic N) is 1. The Hall–Kier alpha value is -1.36. The molecule has 0 saturated heterocycles. The third kappa shape index (κ3) is 5.17. The fourth-order valence-electron chi connectivity index (χ4n) is 0.861. The Morgan fingerprint density at radius 3 is 3.20 bits per heavy atom. The van der Waals surface area contributed by atoms with Crippen molar-refractivity contribution in [3.63, 3.8) is 0 Å². The van der Waals surface area contributed by atoms with Crippen LogP contribution in [0, 0.1) is 0 Å². The molecule has 1 rings (SSSR count). The highest BCUT2D eigenvalue weighted by atomic mass is 32.1. The smallest absolute Gasteiger partial charge is 0.309 e. The van der Waals surface area contributed by atoms with Crippen LogP contribution in [0.4, 0.5) is 0 Å². The molecule has 1 aromatic rings. The van der Waals surface area contributed by atoms with E-state index in [4.69, 9.17) is 9.57 Å². The zero-order valence-corrected chi connectivity index (χ0v) is 9.33. The van der Waals surface area contributed by atoms with Crippen LogP contribution in [0.3, 0.4) is 0 Å². The second-order valence-electron chi connectivity index (χ2n) is 2.68. The van der Waals surface area contributed by atoms with Crippen molar-refractivity contribution in [2.24, 2.45) is 5.16 Å². The van der Waals surface area contributed by atoms with Crippen molar-refractivity contribution in [3.05, 3.63) is 22.4 Å². The molecule has 0 aliphatic rings. The van der Waals surface area contributed by atoms with Gasteiger partial charge in [-0.1, -0.05) is 5.16 Å². The minimum Gasteiger partial charge on any atom is -0.466 e. The Labute approximate surface area is 92.5 Å². The van der Waals surface area contributed by atoms with E-state index in [-0.39, 0.29) is 19.0 Å². The molecule has 0 spiro atoms. The van der Waals surface area contributed by atoms with E-state index in [1.165, 1.54) is 0 Å². The molecular formula is C10H13NO3S. The van der Waals surface area contributed by atoms with Gasteiger partial charge in [-0.05, 0) is 23.8 Å². The molecule has 0 radical (unpaired) electrons. The molecule has 0 unspecified atom stereocenters. The topological polar surface area (TPSA) is 47.9 Å². The number of thiophene rings is 1. The maximum Gasteiger partial charge on any atom is 0.309 e. The van der Waals surface area contributed by atoms with E-state index in [1.54, 1.807) is 24.5 Å². The molecule has 0 aliphatic heterocycles. The first-order chi connectivity index (χ1) is 7.33. The minimum absolute atomic E-state index is 0.231. The summed E-state index contributed by atoms with van der Waals surface area (Å²) in [5, 5.41) is 7.63. The number of esters is 1. The van der Waals surface area contributed by atoms with E-state index in [1.807, 2.05) is 16.8 Å². The lowest BCUT2D eigenvalue weighted by atomic mass is 10.4. The summed E-state index contributed by atoms with van der Waals surface area (Å²) >= 11 is 1.59. The molecule has 0 saturated carbocycles. The average molecular weight is 227 g/mol. The van der Waals surface area contributed by atoms with Crippen molar-refractivity contribution in [2.75, 3.05) is 13.2 Å². The lowest BCUT2D eigenvalue weighted by Gasteiger charge is -1.99. The minimum atomic E-state index is -0.261. The van der Waals surface area contributed by atoms with Crippen molar-refractivity contribution in [2.45, 2.75) is 13.3 Å². The number of hydrogen-bond donors (Lipinski definition) is 0. The summed E-state index contributed by atoms with van der Waals surface area (Å²) in [5.74, 6) is -0.261. The van der Waals surface area contributed by atoms with E-state index >= 15 is 0 Å². The van der Waals surface area contributed by atoms with Crippen LogP contribution >= 0.6 is 11.3 Å². The maximum atomic E-state index is 10.9. The molecule has 0 aromatic carbocycles. The van der Waals surface area contributed by atoms with Gasteiger partial charge in [-0.15, -0.1) is 0 Å². The van der Waals surface area contributed by atoms with Gasteiger partial charge in [0.15, 0.2) is 0 Å². The predicted octanol–water partition coefficient (Wildman–Crippen LogP) is 2.05. The molecule has 82 valence electrons. The van der Waals surface area contributed by atoms with Crippen molar-refractivity contribution in [1.82, 2.24) is 0 Å². The molecule has 4 nitrogen and oxygen atoms in total. The Bertz CT molecular complexity index is 308. The number of carbonyl (C=O) groups excluding carboxylic acids is 1. The van der Waals surface area contributed by atoms with E-state index < -0.39 is 0 Å². The highest BCUT2D eigenvalue weighted by molar-refractivity contribution is 7.08. The number of oxime groups is 1. The maximum absolute atomic E-state index is 10.9. The first kappa shape index (κ1) is 11.7. The first-order valence-electron chi connectivity index (χ1n) is 4.66. The van der Waals surface area contributed by atoms with Crippen molar-refractivity contribution < 1.29 is 14.4 Å². The largest absolute Gasteiger partial charge is 0.466 e. The highest BCUT2D eigenvalue weighted by Crippen LogP contribution is 2.02. The molecule has 5 heteroatoms. The van der Waals surface area contributed by atoms with Gasteiger partial charge in [0, 0.05) is 5.56 Å². The van der Waals surface area contributed by atoms with Gasteiger partial charge in [0.1, 0.15) is 6.61 Å². The summed E-state index contributed by atoms with van der Waals surface area (Å²) in [6, 6.07) is 1.93. The summed E-state index contributed by atoms with van der Waals surface area (Å²) < 4.78 is 4.73. The third-order valence-electron chi connectivity index (χ3n) is 1.52. The second kappa shape index (κ2) is 7.00. The summed E-state index contributed by atoms with van der Waals surface area (Å²) in [6.45, 7) is 2.42. The van der Waals surface area contributed by atoms with Crippen LogP contribution in [-0.2, 0) is 14.4 Å². The molecular weight excluding hydrogens is 214 g/mol.